The fourth-order valence-corrected chi connectivity index (χ4v) is 3.14. The molecule has 1 aromatic heterocycles. The highest BCUT2D eigenvalue weighted by atomic mass is 35.5. The second-order valence-electron chi connectivity index (χ2n) is 6.40. The minimum atomic E-state index is -0.644. The Morgan fingerprint density at radius 1 is 1.18 bits per heavy atom. The van der Waals surface area contributed by atoms with Gasteiger partial charge in [0.15, 0.2) is 0 Å². The van der Waals surface area contributed by atoms with Gasteiger partial charge in [-0.1, -0.05) is 35.9 Å². The van der Waals surface area contributed by atoms with Gasteiger partial charge in [0.2, 0.25) is 5.95 Å². The van der Waals surface area contributed by atoms with E-state index in [0.29, 0.717) is 24.1 Å². The number of piperazine rings is 1. The fraction of sp³-hybridized carbons (Fsp3) is 0.316. The molecule has 0 spiro atoms. The van der Waals surface area contributed by atoms with Gasteiger partial charge in [-0.25, -0.2) is 15.4 Å². The number of aliphatic hydroxyl groups excluding tert-OH is 1. The van der Waals surface area contributed by atoms with Gasteiger partial charge in [-0.2, -0.15) is 0 Å². The van der Waals surface area contributed by atoms with Crippen LogP contribution in [0.5, 0.6) is 0 Å². The zero-order valence-corrected chi connectivity index (χ0v) is 16.0. The van der Waals surface area contributed by atoms with Crippen LogP contribution in [0.2, 0.25) is 5.02 Å². The lowest BCUT2D eigenvalue weighted by atomic mass is 10.1. The molecule has 1 aliphatic rings. The number of hydroxylamine groups is 1. The smallest absolute Gasteiger partial charge is 0.277 e. The topological polar surface area (TPSA) is 102 Å². The van der Waals surface area contributed by atoms with Crippen LogP contribution < -0.4 is 10.4 Å². The molecule has 1 unspecified atom stereocenters. The molecule has 1 aromatic carbocycles. The number of hydrogen-bond acceptors (Lipinski definition) is 7. The maximum Gasteiger partial charge on any atom is 0.277 e. The van der Waals surface area contributed by atoms with Crippen molar-refractivity contribution in [3.8, 4) is 0 Å². The molecule has 2 aromatic rings. The average molecular weight is 404 g/mol. The molecule has 1 saturated heterocycles. The lowest BCUT2D eigenvalue weighted by Crippen LogP contribution is -2.51. The van der Waals surface area contributed by atoms with Gasteiger partial charge in [-0.15, -0.1) is 0 Å². The normalized spacial score (nSPS) is 16.3. The second-order valence-corrected chi connectivity index (χ2v) is 6.83. The molecule has 0 bridgehead atoms. The lowest BCUT2D eigenvalue weighted by Gasteiger charge is -2.37. The van der Waals surface area contributed by atoms with E-state index in [2.05, 4.69) is 14.9 Å². The number of carbonyl (C=O) groups is 1. The Kier molecular flexibility index (Phi) is 6.94. The summed E-state index contributed by atoms with van der Waals surface area (Å²) in [7, 11) is 0. The van der Waals surface area contributed by atoms with Crippen LogP contribution in [0, 0.1) is 0 Å². The van der Waals surface area contributed by atoms with Gasteiger partial charge in [-0.05, 0) is 17.7 Å². The molecule has 1 amide bonds. The molecule has 3 rings (SSSR count). The first kappa shape index (κ1) is 20.2. The summed E-state index contributed by atoms with van der Waals surface area (Å²) in [5.41, 5.74) is 2.78. The van der Waals surface area contributed by atoms with E-state index in [1.807, 2.05) is 41.3 Å². The number of carbonyl (C=O) groups excluding carboxylic acids is 1. The lowest BCUT2D eigenvalue weighted by molar-refractivity contribution is 0.0705. The maximum absolute atomic E-state index is 11.3. The Hall–Kier alpha value is -2.52. The Labute approximate surface area is 168 Å². The van der Waals surface area contributed by atoms with Crippen LogP contribution in [-0.4, -0.2) is 69.9 Å². The van der Waals surface area contributed by atoms with Gasteiger partial charge in [0.05, 0.1) is 18.2 Å². The van der Waals surface area contributed by atoms with E-state index in [1.54, 1.807) is 5.48 Å². The number of aliphatic hydroxyl groups is 1. The first-order chi connectivity index (χ1) is 13.6. The van der Waals surface area contributed by atoms with E-state index >= 15 is 0 Å². The van der Waals surface area contributed by atoms with Crippen LogP contribution in [0.15, 0.2) is 42.7 Å². The van der Waals surface area contributed by atoms with Gasteiger partial charge < -0.3 is 10.0 Å². The number of aromatic nitrogens is 2. The Bertz CT molecular complexity index is 805. The zero-order chi connectivity index (χ0) is 19.9. The Morgan fingerprint density at radius 2 is 1.82 bits per heavy atom. The highest BCUT2D eigenvalue weighted by molar-refractivity contribution is 6.30. The Morgan fingerprint density at radius 3 is 2.39 bits per heavy atom. The van der Waals surface area contributed by atoms with Crippen LogP contribution >= 0.6 is 11.6 Å². The molecule has 3 N–H and O–H groups in total. The van der Waals surface area contributed by atoms with Crippen molar-refractivity contribution in [2.75, 3.05) is 37.7 Å². The number of hydrogen-bond donors (Lipinski definition) is 3. The third-order valence-electron chi connectivity index (χ3n) is 4.64. The molecule has 8 nitrogen and oxygen atoms in total. The summed E-state index contributed by atoms with van der Waals surface area (Å²) in [6.07, 6.45) is 6.74. The molecule has 28 heavy (non-hydrogen) atoms. The summed E-state index contributed by atoms with van der Waals surface area (Å²) in [4.78, 5) is 24.0. The molecule has 148 valence electrons. The molecule has 1 atom stereocenters. The predicted octanol–water partition coefficient (Wildman–Crippen LogP) is 1.45. The third-order valence-corrected chi connectivity index (χ3v) is 4.89. The van der Waals surface area contributed by atoms with Crippen molar-refractivity contribution in [2.45, 2.75) is 6.04 Å². The molecular weight excluding hydrogens is 382 g/mol. The number of rotatable bonds is 6. The van der Waals surface area contributed by atoms with Crippen LogP contribution in [0.25, 0.3) is 6.08 Å². The number of benzene rings is 1. The summed E-state index contributed by atoms with van der Waals surface area (Å²) in [6, 6.07) is 7.47. The minimum absolute atomic E-state index is 0.0333. The molecule has 0 radical (unpaired) electrons. The molecule has 9 heteroatoms. The van der Waals surface area contributed by atoms with Gasteiger partial charge in [0.1, 0.15) is 0 Å². The van der Waals surface area contributed by atoms with E-state index in [1.165, 1.54) is 12.4 Å². The van der Waals surface area contributed by atoms with Crippen molar-refractivity contribution >= 4 is 29.5 Å². The van der Waals surface area contributed by atoms with Crippen molar-refractivity contribution in [1.82, 2.24) is 20.3 Å². The van der Waals surface area contributed by atoms with Gasteiger partial charge >= 0.3 is 0 Å². The average Bonchev–Trinajstić information content (AvgIpc) is 2.75. The van der Waals surface area contributed by atoms with Crippen molar-refractivity contribution in [3.63, 3.8) is 0 Å². The van der Waals surface area contributed by atoms with Crippen molar-refractivity contribution in [1.29, 1.82) is 0 Å². The largest absolute Gasteiger partial charge is 0.394 e. The van der Waals surface area contributed by atoms with E-state index in [4.69, 9.17) is 16.8 Å². The summed E-state index contributed by atoms with van der Waals surface area (Å²) in [5.74, 6) is -0.110. The number of anilines is 1. The van der Waals surface area contributed by atoms with Crippen LogP contribution in [0.3, 0.4) is 0 Å². The zero-order valence-electron chi connectivity index (χ0n) is 15.2. The van der Waals surface area contributed by atoms with Crippen molar-refractivity contribution < 1.29 is 15.1 Å². The van der Waals surface area contributed by atoms with Gasteiger partial charge in [-0.3, -0.25) is 14.9 Å². The number of nitrogens with one attached hydrogen (secondary N) is 1. The molecule has 0 saturated carbocycles. The molecule has 2 heterocycles. The summed E-state index contributed by atoms with van der Waals surface area (Å²) < 4.78 is 0. The van der Waals surface area contributed by atoms with E-state index in [9.17, 15) is 9.90 Å². The number of halogens is 1. The van der Waals surface area contributed by atoms with Gasteiger partial charge in [0.25, 0.3) is 5.91 Å². The second kappa shape index (κ2) is 9.61. The van der Waals surface area contributed by atoms with Crippen LogP contribution in [0.4, 0.5) is 5.95 Å². The molecular formula is C19H22ClN5O3. The first-order valence-electron chi connectivity index (χ1n) is 8.91. The third kappa shape index (κ3) is 5.05. The predicted molar refractivity (Wildman–Crippen MR) is 106 cm³/mol. The monoisotopic (exact) mass is 403 g/mol. The highest BCUT2D eigenvalue weighted by Gasteiger charge is 2.23. The summed E-state index contributed by atoms with van der Waals surface area (Å²) in [5, 5.41) is 19.1. The standard InChI is InChI=1S/C19H22ClN5O3/c20-16-4-1-14(2-5-16)3-6-17(13-26)24-7-9-25(10-8-24)19-21-11-15(12-22-19)18(27)23-28/h1-6,11-12,17,26,28H,7-10,13H2,(H,23,27)/b6-3+. The van der Waals surface area contributed by atoms with E-state index < -0.39 is 5.91 Å². The minimum Gasteiger partial charge on any atom is -0.394 e. The van der Waals surface area contributed by atoms with Crippen molar-refractivity contribution in [3.05, 3.63) is 58.9 Å². The SMILES string of the molecule is O=C(NO)c1cnc(N2CCN(C(/C=C/c3ccc(Cl)cc3)CO)CC2)nc1. The van der Waals surface area contributed by atoms with Crippen LogP contribution in [-0.2, 0) is 0 Å². The van der Waals surface area contributed by atoms with Crippen LogP contribution in [0.1, 0.15) is 15.9 Å². The molecule has 1 fully saturated rings. The number of amides is 1. The Balaban J connectivity index is 1.57. The van der Waals surface area contributed by atoms with E-state index in [-0.39, 0.29) is 18.2 Å². The van der Waals surface area contributed by atoms with E-state index in [0.717, 1.165) is 18.7 Å². The molecule has 1 aliphatic heterocycles. The summed E-state index contributed by atoms with van der Waals surface area (Å²) >= 11 is 5.90. The number of nitrogens with zero attached hydrogens (tertiary/aromatic N) is 4. The van der Waals surface area contributed by atoms with Gasteiger partial charge in [0, 0.05) is 43.6 Å². The first-order valence-corrected chi connectivity index (χ1v) is 9.28. The molecule has 0 aliphatic carbocycles. The summed E-state index contributed by atoms with van der Waals surface area (Å²) in [6.45, 7) is 2.94. The quantitative estimate of drug-likeness (QED) is 0.495. The maximum atomic E-state index is 11.3. The van der Waals surface area contributed by atoms with Crippen molar-refractivity contribution in [2.24, 2.45) is 0 Å². The highest BCUT2D eigenvalue weighted by Crippen LogP contribution is 2.15. The fourth-order valence-electron chi connectivity index (χ4n) is 3.01.